The third kappa shape index (κ3) is 9.17. The second kappa shape index (κ2) is 10.4. The molecule has 1 aromatic rings. The van der Waals surface area contributed by atoms with Crippen LogP contribution in [0.15, 0.2) is 24.3 Å². The Morgan fingerprint density at radius 3 is 2.10 bits per heavy atom. The topological polar surface area (TPSA) is 131 Å². The lowest BCUT2D eigenvalue weighted by Gasteiger charge is -2.01. The highest BCUT2D eigenvalue weighted by atomic mass is 16.5. The van der Waals surface area contributed by atoms with Crippen LogP contribution in [0, 0.1) is 0 Å². The predicted octanol–water partition coefficient (Wildman–Crippen LogP) is -0.794. The van der Waals surface area contributed by atoms with Crippen molar-refractivity contribution >= 4 is 17.9 Å². The molecule has 21 heavy (non-hydrogen) atoms. The highest BCUT2D eigenvalue weighted by Gasteiger charge is 2.04. The molecule has 1 rings (SSSR count). The maximum absolute atomic E-state index is 11.2. The fourth-order valence-electron chi connectivity index (χ4n) is 1.23. The zero-order valence-corrected chi connectivity index (χ0v) is 11.8. The molecule has 0 radical (unpaired) electrons. The monoisotopic (exact) mass is 297 g/mol. The molecule has 0 unspecified atom stereocenters. The maximum Gasteiger partial charge on any atom is 0.338 e. The molecule has 0 aromatic heterocycles. The van der Waals surface area contributed by atoms with Crippen LogP contribution in [0.4, 0.5) is 0 Å². The average Bonchev–Trinajstić information content (AvgIpc) is 2.46. The third-order valence-corrected chi connectivity index (χ3v) is 2.30. The minimum atomic E-state index is -1.33. The molecule has 1 aromatic carbocycles. The molecule has 0 saturated carbocycles. The number of rotatable bonds is 6. The summed E-state index contributed by atoms with van der Waals surface area (Å²) in [6.45, 7) is 2.95. The molecular weight excluding hydrogens is 278 g/mol. The van der Waals surface area contributed by atoms with Gasteiger partial charge in [0, 0.05) is 11.5 Å². The van der Waals surface area contributed by atoms with Crippen molar-refractivity contribution in [3.05, 3.63) is 35.4 Å². The Balaban J connectivity index is 0.000000433. The molecule has 0 bridgehead atoms. The highest BCUT2D eigenvalue weighted by Crippen LogP contribution is 2.04. The fraction of sp³-hybridized carbons (Fsp3) is 0.357. The van der Waals surface area contributed by atoms with Gasteiger partial charge in [-0.15, -0.1) is 0 Å². The first-order valence-corrected chi connectivity index (χ1v) is 6.37. The Morgan fingerprint density at radius 2 is 1.76 bits per heavy atom. The van der Waals surface area contributed by atoms with Gasteiger partial charge in [-0.3, -0.25) is 4.79 Å². The number of quaternary nitrogens is 1. The summed E-state index contributed by atoms with van der Waals surface area (Å²) in [7, 11) is 0. The minimum absolute atomic E-state index is 0.266. The van der Waals surface area contributed by atoms with Crippen molar-refractivity contribution < 1.29 is 35.1 Å². The SMILES string of the molecule is CCOC(=O)c1ccc(C[NH3+])cc1.O=C([O-])CCC(=O)O. The van der Waals surface area contributed by atoms with E-state index >= 15 is 0 Å². The first-order chi connectivity index (χ1) is 9.90. The Hall–Kier alpha value is -2.41. The van der Waals surface area contributed by atoms with Crippen LogP contribution in [0.2, 0.25) is 0 Å². The van der Waals surface area contributed by atoms with Gasteiger partial charge < -0.3 is 25.5 Å². The molecule has 0 spiro atoms. The van der Waals surface area contributed by atoms with E-state index in [1.807, 2.05) is 12.1 Å². The van der Waals surface area contributed by atoms with E-state index in [0.717, 1.165) is 12.1 Å². The van der Waals surface area contributed by atoms with Crippen LogP contribution >= 0.6 is 0 Å². The van der Waals surface area contributed by atoms with E-state index in [2.05, 4.69) is 5.73 Å². The van der Waals surface area contributed by atoms with Gasteiger partial charge in [0.1, 0.15) is 0 Å². The molecule has 7 nitrogen and oxygen atoms in total. The number of hydrogen-bond donors (Lipinski definition) is 2. The minimum Gasteiger partial charge on any atom is -0.550 e. The zero-order chi connectivity index (χ0) is 16.3. The van der Waals surface area contributed by atoms with Crippen LogP contribution in [0.5, 0.6) is 0 Å². The number of carbonyl (C=O) groups excluding carboxylic acids is 2. The smallest absolute Gasteiger partial charge is 0.338 e. The molecule has 0 aliphatic rings. The number of benzene rings is 1. The molecule has 0 fully saturated rings. The van der Waals surface area contributed by atoms with Gasteiger partial charge in [0.05, 0.1) is 25.1 Å². The van der Waals surface area contributed by atoms with Crippen molar-refractivity contribution in [1.29, 1.82) is 0 Å². The number of hydrogen-bond acceptors (Lipinski definition) is 5. The molecule has 4 N–H and O–H groups in total. The summed E-state index contributed by atoms with van der Waals surface area (Å²) >= 11 is 0. The highest BCUT2D eigenvalue weighted by molar-refractivity contribution is 5.89. The van der Waals surface area contributed by atoms with E-state index < -0.39 is 18.4 Å². The lowest BCUT2D eigenvalue weighted by Crippen LogP contribution is -2.47. The van der Waals surface area contributed by atoms with Crippen molar-refractivity contribution in [2.45, 2.75) is 26.3 Å². The van der Waals surface area contributed by atoms with Gasteiger partial charge in [-0.2, -0.15) is 0 Å². The van der Waals surface area contributed by atoms with Crippen molar-refractivity contribution in [1.82, 2.24) is 0 Å². The van der Waals surface area contributed by atoms with Gasteiger partial charge in [-0.05, 0) is 25.5 Å². The van der Waals surface area contributed by atoms with Crippen LogP contribution in [-0.2, 0) is 20.9 Å². The second-order valence-electron chi connectivity index (χ2n) is 3.93. The first kappa shape index (κ1) is 18.6. The summed E-state index contributed by atoms with van der Waals surface area (Å²) in [5, 5.41) is 17.4. The standard InChI is InChI=1S/C10H13NO2.C4H6O4/c1-2-13-10(12)9-5-3-8(7-11)4-6-9;5-3(6)1-2-4(7)8/h3-6H,2,7,11H2,1H3;1-2H2,(H,5,6)(H,7,8). The van der Waals surface area contributed by atoms with Gasteiger partial charge in [0.15, 0.2) is 0 Å². The Labute approximate surface area is 122 Å². The molecule has 0 aliphatic heterocycles. The number of carbonyl (C=O) groups is 3. The number of esters is 1. The maximum atomic E-state index is 11.2. The number of carboxylic acid groups (broad SMARTS) is 2. The Kier molecular flexibility index (Phi) is 9.19. The van der Waals surface area contributed by atoms with Gasteiger partial charge in [0.2, 0.25) is 0 Å². The molecule has 0 heterocycles. The quantitative estimate of drug-likeness (QED) is 0.661. The molecule has 0 atom stereocenters. The molecule has 7 heteroatoms. The van der Waals surface area contributed by atoms with Crippen molar-refractivity contribution in [2.24, 2.45) is 0 Å². The Morgan fingerprint density at radius 1 is 1.19 bits per heavy atom. The van der Waals surface area contributed by atoms with Gasteiger partial charge in [-0.25, -0.2) is 4.79 Å². The second-order valence-corrected chi connectivity index (χ2v) is 3.93. The van der Waals surface area contributed by atoms with Crippen molar-refractivity contribution in [2.75, 3.05) is 6.61 Å². The van der Waals surface area contributed by atoms with E-state index in [1.54, 1.807) is 19.1 Å². The molecule has 0 saturated heterocycles. The molecular formula is C14H19NO6. The lowest BCUT2D eigenvalue weighted by molar-refractivity contribution is -0.386. The van der Waals surface area contributed by atoms with E-state index in [1.165, 1.54) is 0 Å². The molecule has 0 amide bonds. The normalized spacial score (nSPS) is 9.24. The van der Waals surface area contributed by atoms with Crippen molar-refractivity contribution in [3.8, 4) is 0 Å². The number of aliphatic carboxylic acids is 2. The van der Waals surface area contributed by atoms with Gasteiger partial charge in [0.25, 0.3) is 0 Å². The number of carboxylic acids is 2. The van der Waals surface area contributed by atoms with E-state index in [0.29, 0.717) is 12.2 Å². The largest absolute Gasteiger partial charge is 0.550 e. The van der Waals surface area contributed by atoms with E-state index in [9.17, 15) is 19.5 Å². The predicted molar refractivity (Wildman–Crippen MR) is 70.9 cm³/mol. The fourth-order valence-corrected chi connectivity index (χ4v) is 1.23. The van der Waals surface area contributed by atoms with Crippen LogP contribution < -0.4 is 10.8 Å². The van der Waals surface area contributed by atoms with Crippen LogP contribution in [0.25, 0.3) is 0 Å². The summed E-state index contributed by atoms with van der Waals surface area (Å²) in [6.07, 6.45) is -0.766. The summed E-state index contributed by atoms with van der Waals surface area (Å²) in [6, 6.07) is 7.30. The summed E-state index contributed by atoms with van der Waals surface area (Å²) < 4.78 is 4.85. The molecule has 116 valence electrons. The summed E-state index contributed by atoms with van der Waals surface area (Å²) in [5.41, 5.74) is 5.47. The zero-order valence-electron chi connectivity index (χ0n) is 11.8. The van der Waals surface area contributed by atoms with Crippen LogP contribution in [-0.4, -0.2) is 29.6 Å². The van der Waals surface area contributed by atoms with Gasteiger partial charge in [-0.1, -0.05) is 12.1 Å². The summed E-state index contributed by atoms with van der Waals surface area (Å²) in [5.74, 6) is -2.71. The lowest BCUT2D eigenvalue weighted by atomic mass is 10.1. The average molecular weight is 297 g/mol. The van der Waals surface area contributed by atoms with Gasteiger partial charge >= 0.3 is 11.9 Å². The van der Waals surface area contributed by atoms with E-state index in [4.69, 9.17) is 9.84 Å². The third-order valence-electron chi connectivity index (χ3n) is 2.30. The molecule has 0 aliphatic carbocycles. The summed E-state index contributed by atoms with van der Waals surface area (Å²) in [4.78, 5) is 30.3. The van der Waals surface area contributed by atoms with Crippen molar-refractivity contribution in [3.63, 3.8) is 0 Å². The number of ether oxygens (including phenoxy) is 1. The van der Waals surface area contributed by atoms with Crippen LogP contribution in [0.3, 0.4) is 0 Å². The van der Waals surface area contributed by atoms with E-state index in [-0.39, 0.29) is 12.4 Å². The van der Waals surface area contributed by atoms with Crippen LogP contribution in [0.1, 0.15) is 35.7 Å². The first-order valence-electron chi connectivity index (χ1n) is 6.37. The Bertz CT molecular complexity index is 455.